The molecule has 0 bridgehead atoms. The number of esters is 2. The highest BCUT2D eigenvalue weighted by atomic mass is 35.5. The zero-order valence-corrected chi connectivity index (χ0v) is 10.9. The number of para-hydroxylation sites is 1. The summed E-state index contributed by atoms with van der Waals surface area (Å²) in [4.78, 5) is 22.0. The summed E-state index contributed by atoms with van der Waals surface area (Å²) in [5.41, 5.74) is 0.347. The Morgan fingerprint density at radius 1 is 1.39 bits per heavy atom. The van der Waals surface area contributed by atoms with Crippen LogP contribution < -0.4 is 5.32 Å². The molecule has 0 spiro atoms. The van der Waals surface area contributed by atoms with Crippen LogP contribution in [0.3, 0.4) is 0 Å². The molecule has 1 unspecified atom stereocenters. The van der Waals surface area contributed by atoms with Crippen LogP contribution in [-0.2, 0) is 25.7 Å². The van der Waals surface area contributed by atoms with Crippen LogP contribution in [0.25, 0.3) is 0 Å². The van der Waals surface area contributed by atoms with Crippen molar-refractivity contribution < 1.29 is 19.1 Å². The van der Waals surface area contributed by atoms with Crippen LogP contribution in [0.1, 0.15) is 12.5 Å². The summed E-state index contributed by atoms with van der Waals surface area (Å²) in [6, 6.07) is 7.08. The zero-order chi connectivity index (χ0) is 13.5. The van der Waals surface area contributed by atoms with Crippen molar-refractivity contribution in [2.24, 2.45) is 0 Å². The van der Waals surface area contributed by atoms with E-state index >= 15 is 0 Å². The van der Waals surface area contributed by atoms with Crippen LogP contribution in [-0.4, -0.2) is 24.5 Å². The van der Waals surface area contributed by atoms with Gasteiger partial charge in [-0.25, -0.2) is 4.79 Å². The Labute approximate surface area is 110 Å². The fourth-order valence-electron chi connectivity index (χ4n) is 1.27. The van der Waals surface area contributed by atoms with Crippen LogP contribution in [0.4, 0.5) is 5.69 Å². The number of rotatable bonds is 5. The molecule has 0 heterocycles. The molecular weight excluding hydrogens is 258 g/mol. The Hall–Kier alpha value is -1.75. The molecule has 0 aliphatic rings. The zero-order valence-electron chi connectivity index (χ0n) is 10.1. The summed E-state index contributed by atoms with van der Waals surface area (Å²) in [6.07, 6.45) is 0. The lowest BCUT2D eigenvalue weighted by Crippen LogP contribution is -2.25. The molecule has 0 aromatic heterocycles. The van der Waals surface area contributed by atoms with Gasteiger partial charge in [0.15, 0.2) is 0 Å². The minimum absolute atomic E-state index is 0.114. The fraction of sp³-hybridized carbons (Fsp3) is 0.333. The maximum atomic E-state index is 11.2. The molecule has 0 saturated carbocycles. The van der Waals surface area contributed by atoms with E-state index in [1.807, 2.05) is 0 Å². The van der Waals surface area contributed by atoms with Gasteiger partial charge in [0, 0.05) is 18.2 Å². The van der Waals surface area contributed by atoms with Crippen molar-refractivity contribution in [3.05, 3.63) is 29.8 Å². The normalized spacial score (nSPS) is 11.5. The van der Waals surface area contributed by atoms with Crippen molar-refractivity contribution >= 4 is 29.2 Å². The van der Waals surface area contributed by atoms with E-state index in [2.05, 4.69) is 10.1 Å². The van der Waals surface area contributed by atoms with Gasteiger partial charge in [-0.2, -0.15) is 0 Å². The van der Waals surface area contributed by atoms with Gasteiger partial charge in [-0.3, -0.25) is 4.79 Å². The minimum Gasteiger partial charge on any atom is -0.467 e. The summed E-state index contributed by atoms with van der Waals surface area (Å²) >= 11 is 5.81. The molecule has 1 aromatic carbocycles. The highest BCUT2D eigenvalue weighted by Crippen LogP contribution is 2.18. The Kier molecular flexibility index (Phi) is 5.45. The van der Waals surface area contributed by atoms with E-state index in [0.29, 0.717) is 5.69 Å². The van der Waals surface area contributed by atoms with E-state index in [9.17, 15) is 9.59 Å². The SMILES string of the molecule is COC(=O)C(Cl)Nc1ccccc1COC(C)=O. The Bertz CT molecular complexity index is 436. The predicted octanol–water partition coefficient (Wildman–Crippen LogP) is 1.90. The standard InChI is InChI=1S/C12H14ClNO4/c1-8(15)18-7-9-5-3-4-6-10(9)14-11(13)12(16)17-2/h3-6,11,14H,7H2,1-2H3. The summed E-state index contributed by atoms with van der Waals surface area (Å²) in [5, 5.41) is 2.78. The molecule has 1 aromatic rings. The summed E-state index contributed by atoms with van der Waals surface area (Å²) in [7, 11) is 1.25. The molecule has 0 aliphatic carbocycles. The van der Waals surface area contributed by atoms with E-state index in [0.717, 1.165) is 5.56 Å². The monoisotopic (exact) mass is 271 g/mol. The average molecular weight is 272 g/mol. The quantitative estimate of drug-likeness (QED) is 0.503. The van der Waals surface area contributed by atoms with Crippen LogP contribution in [0.2, 0.25) is 0 Å². The molecule has 6 heteroatoms. The highest BCUT2D eigenvalue weighted by Gasteiger charge is 2.16. The maximum Gasteiger partial charge on any atom is 0.344 e. The number of ether oxygens (including phenoxy) is 2. The van der Waals surface area contributed by atoms with E-state index in [1.54, 1.807) is 24.3 Å². The number of alkyl halides is 1. The van der Waals surface area contributed by atoms with Crippen LogP contribution in [0, 0.1) is 0 Å². The lowest BCUT2D eigenvalue weighted by Gasteiger charge is -2.14. The minimum atomic E-state index is -0.992. The average Bonchev–Trinajstić information content (AvgIpc) is 2.36. The largest absolute Gasteiger partial charge is 0.467 e. The third-order valence-electron chi connectivity index (χ3n) is 2.14. The van der Waals surface area contributed by atoms with Crippen molar-refractivity contribution in [2.45, 2.75) is 19.0 Å². The summed E-state index contributed by atoms with van der Waals surface area (Å²) in [5.74, 6) is -0.959. The van der Waals surface area contributed by atoms with E-state index in [1.165, 1.54) is 14.0 Å². The second-order valence-electron chi connectivity index (χ2n) is 3.47. The van der Waals surface area contributed by atoms with Gasteiger partial charge in [-0.05, 0) is 6.07 Å². The lowest BCUT2D eigenvalue weighted by molar-refractivity contribution is -0.142. The van der Waals surface area contributed by atoms with Crippen molar-refractivity contribution in [2.75, 3.05) is 12.4 Å². The first-order chi connectivity index (χ1) is 8.54. The number of carbonyl (C=O) groups excluding carboxylic acids is 2. The van der Waals surface area contributed by atoms with Gasteiger partial charge in [0.25, 0.3) is 0 Å². The van der Waals surface area contributed by atoms with Gasteiger partial charge in [0.2, 0.25) is 5.50 Å². The molecule has 0 amide bonds. The summed E-state index contributed by atoms with van der Waals surface area (Å²) < 4.78 is 9.40. The molecule has 1 N–H and O–H groups in total. The van der Waals surface area contributed by atoms with Gasteiger partial charge in [-0.15, -0.1) is 0 Å². The first kappa shape index (κ1) is 14.3. The van der Waals surface area contributed by atoms with Crippen molar-refractivity contribution in [3.63, 3.8) is 0 Å². The second kappa shape index (κ2) is 6.86. The van der Waals surface area contributed by atoms with Crippen LogP contribution in [0.5, 0.6) is 0 Å². The lowest BCUT2D eigenvalue weighted by atomic mass is 10.2. The number of methoxy groups -OCH3 is 1. The van der Waals surface area contributed by atoms with Gasteiger partial charge in [-0.1, -0.05) is 29.8 Å². The van der Waals surface area contributed by atoms with Gasteiger partial charge in [0.1, 0.15) is 6.61 Å². The van der Waals surface area contributed by atoms with Gasteiger partial charge < -0.3 is 14.8 Å². The topological polar surface area (TPSA) is 64.6 Å². The first-order valence-corrected chi connectivity index (χ1v) is 5.68. The van der Waals surface area contributed by atoms with Gasteiger partial charge in [0.05, 0.1) is 7.11 Å². The van der Waals surface area contributed by atoms with Crippen molar-refractivity contribution in [1.82, 2.24) is 0 Å². The fourth-order valence-corrected chi connectivity index (χ4v) is 1.47. The van der Waals surface area contributed by atoms with E-state index in [-0.39, 0.29) is 12.6 Å². The maximum absolute atomic E-state index is 11.2. The number of halogens is 1. The molecule has 1 rings (SSSR count). The molecule has 0 saturated heterocycles. The van der Waals surface area contributed by atoms with Crippen LogP contribution in [0.15, 0.2) is 24.3 Å². The highest BCUT2D eigenvalue weighted by molar-refractivity contribution is 6.31. The second-order valence-corrected chi connectivity index (χ2v) is 3.90. The number of carbonyl (C=O) groups is 2. The Balaban J connectivity index is 2.75. The molecule has 0 fully saturated rings. The number of nitrogens with one attached hydrogen (secondary N) is 1. The number of hydrogen-bond acceptors (Lipinski definition) is 5. The van der Waals surface area contributed by atoms with E-state index in [4.69, 9.17) is 16.3 Å². The van der Waals surface area contributed by atoms with Crippen molar-refractivity contribution in [3.8, 4) is 0 Å². The molecular formula is C12H14ClNO4. The number of hydrogen-bond donors (Lipinski definition) is 1. The molecule has 0 radical (unpaired) electrons. The van der Waals surface area contributed by atoms with Crippen LogP contribution >= 0.6 is 11.6 Å². The Morgan fingerprint density at radius 2 is 2.06 bits per heavy atom. The summed E-state index contributed by atoms with van der Waals surface area (Å²) in [6.45, 7) is 1.44. The van der Waals surface area contributed by atoms with E-state index < -0.39 is 11.5 Å². The van der Waals surface area contributed by atoms with Crippen molar-refractivity contribution in [1.29, 1.82) is 0 Å². The molecule has 1 atom stereocenters. The molecule has 5 nitrogen and oxygen atoms in total. The first-order valence-electron chi connectivity index (χ1n) is 5.24. The third kappa shape index (κ3) is 4.25. The smallest absolute Gasteiger partial charge is 0.344 e. The third-order valence-corrected chi connectivity index (χ3v) is 2.43. The molecule has 0 aliphatic heterocycles. The predicted molar refractivity (Wildman–Crippen MR) is 67.2 cm³/mol. The number of anilines is 1. The van der Waals surface area contributed by atoms with Gasteiger partial charge >= 0.3 is 11.9 Å². The number of benzene rings is 1. The molecule has 98 valence electrons. The molecule has 18 heavy (non-hydrogen) atoms. The Morgan fingerprint density at radius 3 is 2.67 bits per heavy atom.